The summed E-state index contributed by atoms with van der Waals surface area (Å²) in [4.78, 5) is 25.6. The number of phenolic OH excluding ortho intramolecular Hbond substituents is 1. The molecule has 1 atom stereocenters. The maximum Gasteiger partial charge on any atom is 0.433 e. The van der Waals surface area contributed by atoms with Crippen LogP contribution in [0.4, 0.5) is 13.2 Å². The summed E-state index contributed by atoms with van der Waals surface area (Å²) in [5.74, 6) is 0.737. The standard InChI is InChI=1S/C11H23NO.C10H9F3N2O.C8H10O/c1-8(2)5-6-10(11(12)13)7-9(3)4;11-10(12,13)7-4-3-6(9(14)16)8(15-7)5-1-2-5;1-6-3-4-8(9)5-7(6)2/h8-10H,5-7H2,1-4H3,(H2,12,13);3-5H,1-2H2,(H2,14,16);3-5,9H,1-2H3/t10-;;/m0../s1. The second-order valence-electron chi connectivity index (χ2n) is 10.7. The van der Waals surface area contributed by atoms with E-state index in [1.165, 1.54) is 5.56 Å². The SMILES string of the molecule is CC(C)CC[C@@H](CC(C)C)C(N)=O.Cc1ccc(O)cc1C.NC(=O)c1ccc(C(F)(F)F)nc1C1CC1. The number of hydrogen-bond acceptors (Lipinski definition) is 4. The van der Waals surface area contributed by atoms with E-state index < -0.39 is 17.8 Å². The van der Waals surface area contributed by atoms with Crippen LogP contribution in [0.15, 0.2) is 30.3 Å². The van der Waals surface area contributed by atoms with E-state index in [0.717, 1.165) is 49.8 Å². The number of nitrogens with two attached hydrogens (primary N) is 2. The van der Waals surface area contributed by atoms with Crippen molar-refractivity contribution in [2.45, 2.75) is 85.7 Å². The molecular weight excluding hydrogens is 495 g/mol. The molecule has 0 aliphatic heterocycles. The highest BCUT2D eigenvalue weighted by atomic mass is 19.4. The monoisotopic (exact) mass is 537 g/mol. The van der Waals surface area contributed by atoms with Gasteiger partial charge in [0, 0.05) is 11.8 Å². The average molecular weight is 538 g/mol. The molecule has 212 valence electrons. The fourth-order valence-corrected chi connectivity index (χ4v) is 3.71. The van der Waals surface area contributed by atoms with Crippen LogP contribution in [0.3, 0.4) is 0 Å². The number of phenols is 1. The number of rotatable bonds is 8. The Morgan fingerprint density at radius 3 is 1.97 bits per heavy atom. The number of nitrogens with zero attached hydrogens (tertiary/aromatic N) is 1. The summed E-state index contributed by atoms with van der Waals surface area (Å²) >= 11 is 0. The van der Waals surface area contributed by atoms with Gasteiger partial charge < -0.3 is 16.6 Å². The van der Waals surface area contributed by atoms with Gasteiger partial charge in [-0.25, -0.2) is 4.98 Å². The molecule has 1 aliphatic rings. The number of carbonyl (C=O) groups is 2. The Hall–Kier alpha value is -3.10. The number of aromatic hydroxyl groups is 1. The van der Waals surface area contributed by atoms with Gasteiger partial charge in [-0.15, -0.1) is 0 Å². The van der Waals surface area contributed by atoms with Crippen molar-refractivity contribution < 1.29 is 27.9 Å². The van der Waals surface area contributed by atoms with Gasteiger partial charge in [0.1, 0.15) is 11.4 Å². The van der Waals surface area contributed by atoms with Crippen LogP contribution < -0.4 is 11.5 Å². The molecule has 0 spiro atoms. The molecule has 3 rings (SSSR count). The van der Waals surface area contributed by atoms with Crippen molar-refractivity contribution in [3.05, 3.63) is 58.4 Å². The molecule has 1 aromatic carbocycles. The van der Waals surface area contributed by atoms with E-state index in [1.807, 2.05) is 19.9 Å². The van der Waals surface area contributed by atoms with Crippen molar-refractivity contribution in [3.8, 4) is 5.75 Å². The number of halogens is 3. The minimum Gasteiger partial charge on any atom is -0.508 e. The van der Waals surface area contributed by atoms with Crippen molar-refractivity contribution in [1.29, 1.82) is 0 Å². The number of benzene rings is 1. The average Bonchev–Trinajstić information content (AvgIpc) is 3.64. The Kier molecular flexibility index (Phi) is 12.8. The zero-order valence-corrected chi connectivity index (χ0v) is 23.2. The molecule has 0 bridgehead atoms. The van der Waals surface area contributed by atoms with Gasteiger partial charge in [0.2, 0.25) is 5.91 Å². The fourth-order valence-electron chi connectivity index (χ4n) is 3.71. The van der Waals surface area contributed by atoms with Crippen LogP contribution in [0.5, 0.6) is 5.75 Å². The Morgan fingerprint density at radius 2 is 1.58 bits per heavy atom. The topological polar surface area (TPSA) is 119 Å². The second kappa shape index (κ2) is 14.7. The van der Waals surface area contributed by atoms with Crippen molar-refractivity contribution in [3.63, 3.8) is 0 Å². The number of hydrogen-bond donors (Lipinski definition) is 3. The summed E-state index contributed by atoms with van der Waals surface area (Å²) in [5.41, 5.74) is 12.1. The van der Waals surface area contributed by atoms with Crippen molar-refractivity contribution in [2.24, 2.45) is 29.2 Å². The summed E-state index contributed by atoms with van der Waals surface area (Å²) in [6.07, 6.45) is 0.0105. The molecule has 1 heterocycles. The quantitative estimate of drug-likeness (QED) is 0.349. The van der Waals surface area contributed by atoms with E-state index in [1.54, 1.807) is 12.1 Å². The van der Waals surface area contributed by atoms with Gasteiger partial charge in [-0.05, 0) is 86.8 Å². The summed E-state index contributed by atoms with van der Waals surface area (Å²) in [6, 6.07) is 7.25. The van der Waals surface area contributed by atoms with Crippen LogP contribution >= 0.6 is 0 Å². The van der Waals surface area contributed by atoms with E-state index in [9.17, 15) is 22.8 Å². The molecule has 0 radical (unpaired) electrons. The number of aromatic nitrogens is 1. The molecule has 1 aliphatic carbocycles. The Bertz CT molecular complexity index is 1060. The molecule has 1 fully saturated rings. The van der Waals surface area contributed by atoms with Gasteiger partial charge in [0.05, 0.1) is 11.3 Å². The first-order valence-corrected chi connectivity index (χ1v) is 13.0. The van der Waals surface area contributed by atoms with Crippen molar-refractivity contribution in [1.82, 2.24) is 4.98 Å². The molecule has 1 saturated carbocycles. The van der Waals surface area contributed by atoms with Gasteiger partial charge in [0.15, 0.2) is 0 Å². The number of aryl methyl sites for hydroxylation is 2. The van der Waals surface area contributed by atoms with Crippen molar-refractivity contribution >= 4 is 11.8 Å². The highest BCUT2D eigenvalue weighted by Gasteiger charge is 2.36. The first kappa shape index (κ1) is 32.9. The molecule has 0 unspecified atom stereocenters. The van der Waals surface area contributed by atoms with E-state index >= 15 is 0 Å². The Balaban J connectivity index is 0.000000297. The van der Waals surface area contributed by atoms with Crippen LogP contribution in [-0.2, 0) is 11.0 Å². The number of alkyl halides is 3. The molecule has 9 heteroatoms. The zero-order valence-electron chi connectivity index (χ0n) is 23.2. The maximum absolute atomic E-state index is 12.4. The molecule has 38 heavy (non-hydrogen) atoms. The zero-order chi connectivity index (χ0) is 29.2. The number of primary amides is 2. The fraction of sp³-hybridized carbons (Fsp3) is 0.552. The first-order valence-electron chi connectivity index (χ1n) is 13.0. The third-order valence-corrected chi connectivity index (χ3v) is 6.19. The van der Waals surface area contributed by atoms with Crippen LogP contribution in [0, 0.1) is 31.6 Å². The lowest BCUT2D eigenvalue weighted by atomic mass is 9.90. The summed E-state index contributed by atoms with van der Waals surface area (Å²) < 4.78 is 37.2. The third-order valence-electron chi connectivity index (χ3n) is 6.19. The van der Waals surface area contributed by atoms with Crippen LogP contribution in [0.1, 0.15) is 98.6 Å². The molecule has 0 saturated heterocycles. The summed E-state index contributed by atoms with van der Waals surface area (Å²) in [5, 5.41) is 8.94. The van der Waals surface area contributed by atoms with Crippen LogP contribution in [0.25, 0.3) is 0 Å². The normalized spacial score (nSPS) is 13.8. The number of amides is 2. The predicted octanol–water partition coefficient (Wildman–Crippen LogP) is 6.66. The minimum absolute atomic E-state index is 0.0511. The minimum atomic E-state index is -4.49. The van der Waals surface area contributed by atoms with Crippen LogP contribution in [-0.4, -0.2) is 21.9 Å². The smallest absolute Gasteiger partial charge is 0.433 e. The second-order valence-corrected chi connectivity index (χ2v) is 10.7. The third kappa shape index (κ3) is 12.0. The highest BCUT2D eigenvalue weighted by molar-refractivity contribution is 5.94. The molecule has 5 N–H and O–H groups in total. The number of pyridine rings is 1. The van der Waals surface area contributed by atoms with Gasteiger partial charge in [-0.3, -0.25) is 9.59 Å². The lowest BCUT2D eigenvalue weighted by Crippen LogP contribution is -2.25. The van der Waals surface area contributed by atoms with Gasteiger partial charge >= 0.3 is 6.18 Å². The molecule has 1 aromatic heterocycles. The molecular formula is C29H42F3N3O3. The summed E-state index contributed by atoms with van der Waals surface area (Å²) in [7, 11) is 0. The van der Waals surface area contributed by atoms with Gasteiger partial charge in [-0.2, -0.15) is 13.2 Å². The van der Waals surface area contributed by atoms with E-state index in [0.29, 0.717) is 17.6 Å². The molecule has 6 nitrogen and oxygen atoms in total. The highest BCUT2D eigenvalue weighted by Crippen LogP contribution is 2.41. The van der Waals surface area contributed by atoms with Crippen LogP contribution in [0.2, 0.25) is 0 Å². The van der Waals surface area contributed by atoms with Gasteiger partial charge in [0.25, 0.3) is 5.91 Å². The Labute approximate surface area is 224 Å². The van der Waals surface area contributed by atoms with Crippen molar-refractivity contribution in [2.75, 3.05) is 0 Å². The lowest BCUT2D eigenvalue weighted by molar-refractivity contribution is -0.141. The molecule has 2 amide bonds. The predicted molar refractivity (Wildman–Crippen MR) is 144 cm³/mol. The largest absolute Gasteiger partial charge is 0.508 e. The first-order chi connectivity index (χ1) is 17.5. The summed E-state index contributed by atoms with van der Waals surface area (Å²) in [6.45, 7) is 12.6. The van der Waals surface area contributed by atoms with E-state index in [2.05, 4.69) is 32.7 Å². The van der Waals surface area contributed by atoms with E-state index in [-0.39, 0.29) is 29.0 Å². The molecule has 2 aromatic rings. The maximum atomic E-state index is 12.4. The van der Waals surface area contributed by atoms with Gasteiger partial charge in [-0.1, -0.05) is 40.2 Å². The lowest BCUT2D eigenvalue weighted by Gasteiger charge is -2.16. The number of carbonyl (C=O) groups excluding carboxylic acids is 2. The van der Waals surface area contributed by atoms with E-state index in [4.69, 9.17) is 16.6 Å². The Morgan fingerprint density at radius 1 is 0.974 bits per heavy atom.